The maximum Gasteiger partial charge on any atom is 0.227 e. The van der Waals surface area contributed by atoms with Crippen molar-refractivity contribution in [2.45, 2.75) is 6.42 Å². The van der Waals surface area contributed by atoms with Crippen molar-refractivity contribution in [2.24, 2.45) is 7.05 Å². The summed E-state index contributed by atoms with van der Waals surface area (Å²) in [5, 5.41) is 4.10. The molecule has 0 spiro atoms. The third-order valence-corrected chi connectivity index (χ3v) is 4.02. The molecule has 7 heteroatoms. The minimum atomic E-state index is 0.149. The van der Waals surface area contributed by atoms with E-state index in [1.165, 1.54) is 0 Å². The van der Waals surface area contributed by atoms with Crippen molar-refractivity contribution in [3.05, 3.63) is 36.3 Å². The van der Waals surface area contributed by atoms with Crippen molar-refractivity contribution in [3.63, 3.8) is 0 Å². The molecule has 1 fully saturated rings. The summed E-state index contributed by atoms with van der Waals surface area (Å²) in [6, 6.07) is 3.75. The minimum Gasteiger partial charge on any atom is -0.497 e. The van der Waals surface area contributed by atoms with Crippen molar-refractivity contribution < 1.29 is 9.53 Å². The summed E-state index contributed by atoms with van der Waals surface area (Å²) in [7, 11) is 3.50. The van der Waals surface area contributed by atoms with Gasteiger partial charge in [-0.25, -0.2) is 4.98 Å². The molecule has 0 saturated carbocycles. The lowest BCUT2D eigenvalue weighted by atomic mass is 10.2. The first-order chi connectivity index (χ1) is 11.2. The normalized spacial score (nSPS) is 14.9. The number of hydrogen-bond acceptors (Lipinski definition) is 5. The van der Waals surface area contributed by atoms with Crippen molar-refractivity contribution in [1.29, 1.82) is 0 Å². The lowest BCUT2D eigenvalue weighted by Crippen LogP contribution is -2.49. The molecule has 122 valence electrons. The number of nitrogens with zero attached hydrogens (tertiary/aromatic N) is 5. The minimum absolute atomic E-state index is 0.149. The number of anilines is 1. The number of rotatable bonds is 4. The molecule has 3 rings (SSSR count). The maximum atomic E-state index is 12.4. The number of hydrogen-bond donors (Lipinski definition) is 0. The number of aryl methyl sites for hydroxylation is 1. The summed E-state index contributed by atoms with van der Waals surface area (Å²) in [6.45, 7) is 2.97. The van der Waals surface area contributed by atoms with Crippen molar-refractivity contribution >= 4 is 11.7 Å². The summed E-state index contributed by atoms with van der Waals surface area (Å²) < 4.78 is 6.95. The molecular weight excluding hydrogens is 294 g/mol. The predicted octanol–water partition coefficient (Wildman–Crippen LogP) is 0.715. The molecule has 2 aromatic heterocycles. The second-order valence-corrected chi connectivity index (χ2v) is 5.62. The lowest BCUT2D eigenvalue weighted by Gasteiger charge is -2.35. The Bertz CT molecular complexity index is 677. The van der Waals surface area contributed by atoms with E-state index in [9.17, 15) is 4.79 Å². The van der Waals surface area contributed by atoms with Gasteiger partial charge in [-0.2, -0.15) is 5.10 Å². The Morgan fingerprint density at radius 2 is 2.09 bits per heavy atom. The number of pyridine rings is 1. The molecule has 1 saturated heterocycles. The van der Waals surface area contributed by atoms with Gasteiger partial charge in [0.1, 0.15) is 11.6 Å². The highest BCUT2D eigenvalue weighted by atomic mass is 16.5. The van der Waals surface area contributed by atoms with Crippen molar-refractivity contribution in [1.82, 2.24) is 19.7 Å². The first-order valence-corrected chi connectivity index (χ1v) is 7.66. The Balaban J connectivity index is 1.56. The smallest absolute Gasteiger partial charge is 0.227 e. The highest BCUT2D eigenvalue weighted by molar-refractivity contribution is 5.79. The van der Waals surface area contributed by atoms with Gasteiger partial charge in [0.05, 0.1) is 19.7 Å². The number of ether oxygens (including phenoxy) is 1. The predicted molar refractivity (Wildman–Crippen MR) is 86.5 cm³/mol. The Morgan fingerprint density at radius 3 is 2.74 bits per heavy atom. The number of piperazine rings is 1. The number of amides is 1. The Hall–Kier alpha value is -2.57. The zero-order valence-corrected chi connectivity index (χ0v) is 13.5. The van der Waals surface area contributed by atoms with E-state index >= 15 is 0 Å². The third kappa shape index (κ3) is 3.61. The van der Waals surface area contributed by atoms with E-state index in [4.69, 9.17) is 4.74 Å². The van der Waals surface area contributed by atoms with Gasteiger partial charge in [-0.1, -0.05) is 0 Å². The molecule has 3 heterocycles. The summed E-state index contributed by atoms with van der Waals surface area (Å²) in [6.07, 6.45) is 5.78. The van der Waals surface area contributed by atoms with Gasteiger partial charge in [0.25, 0.3) is 0 Å². The molecule has 23 heavy (non-hydrogen) atoms. The fraction of sp³-hybridized carbons (Fsp3) is 0.438. The highest BCUT2D eigenvalue weighted by Gasteiger charge is 2.22. The molecule has 1 aliphatic heterocycles. The van der Waals surface area contributed by atoms with E-state index < -0.39 is 0 Å². The van der Waals surface area contributed by atoms with E-state index in [0.29, 0.717) is 19.5 Å². The van der Waals surface area contributed by atoms with Crippen LogP contribution in [0, 0.1) is 0 Å². The highest BCUT2D eigenvalue weighted by Crippen LogP contribution is 2.19. The molecule has 1 amide bonds. The molecule has 2 aromatic rings. The molecule has 1 aliphatic rings. The SMILES string of the molecule is COc1ccnc(N2CCN(C(=O)Cc3cnn(C)c3)CC2)c1. The van der Waals surface area contributed by atoms with Gasteiger partial charge in [-0.15, -0.1) is 0 Å². The van der Waals surface area contributed by atoms with Gasteiger partial charge in [-0.05, 0) is 11.6 Å². The van der Waals surface area contributed by atoms with Gasteiger partial charge in [0, 0.05) is 51.7 Å². The molecule has 0 radical (unpaired) electrons. The summed E-state index contributed by atoms with van der Waals surface area (Å²) in [5.41, 5.74) is 0.953. The number of carbonyl (C=O) groups is 1. The second kappa shape index (κ2) is 6.68. The van der Waals surface area contributed by atoms with Crippen LogP contribution in [-0.4, -0.2) is 58.9 Å². The quantitative estimate of drug-likeness (QED) is 0.832. The number of methoxy groups -OCH3 is 1. The first kappa shape index (κ1) is 15.3. The van der Waals surface area contributed by atoms with Crippen LogP contribution in [0.3, 0.4) is 0 Å². The van der Waals surface area contributed by atoms with Crippen LogP contribution in [0.4, 0.5) is 5.82 Å². The molecule has 7 nitrogen and oxygen atoms in total. The molecule has 0 N–H and O–H groups in total. The van der Waals surface area contributed by atoms with Crippen LogP contribution in [0.15, 0.2) is 30.7 Å². The summed E-state index contributed by atoms with van der Waals surface area (Å²) >= 11 is 0. The Kier molecular flexibility index (Phi) is 4.45. The van der Waals surface area contributed by atoms with E-state index in [0.717, 1.165) is 30.2 Å². The van der Waals surface area contributed by atoms with Gasteiger partial charge >= 0.3 is 0 Å². The van der Waals surface area contributed by atoms with Crippen LogP contribution in [0.1, 0.15) is 5.56 Å². The maximum absolute atomic E-state index is 12.4. The number of aromatic nitrogens is 3. The molecule has 0 unspecified atom stereocenters. The lowest BCUT2D eigenvalue weighted by molar-refractivity contribution is -0.130. The van der Waals surface area contributed by atoms with Crippen LogP contribution < -0.4 is 9.64 Å². The molecule has 0 aliphatic carbocycles. The fourth-order valence-electron chi connectivity index (χ4n) is 2.73. The Labute approximate surface area is 135 Å². The average molecular weight is 315 g/mol. The van der Waals surface area contributed by atoms with Crippen molar-refractivity contribution in [3.8, 4) is 5.75 Å². The topological polar surface area (TPSA) is 63.5 Å². The van der Waals surface area contributed by atoms with Gasteiger partial charge in [0.2, 0.25) is 5.91 Å². The van der Waals surface area contributed by atoms with E-state index in [-0.39, 0.29) is 5.91 Å². The van der Waals surface area contributed by atoms with Gasteiger partial charge in [-0.3, -0.25) is 9.48 Å². The van der Waals surface area contributed by atoms with Crippen LogP contribution in [0.2, 0.25) is 0 Å². The molecule has 0 atom stereocenters. The molecule has 0 aromatic carbocycles. The zero-order valence-electron chi connectivity index (χ0n) is 13.5. The van der Waals surface area contributed by atoms with Crippen LogP contribution in [0.5, 0.6) is 5.75 Å². The third-order valence-electron chi connectivity index (χ3n) is 4.02. The van der Waals surface area contributed by atoms with E-state index in [1.54, 1.807) is 24.2 Å². The zero-order chi connectivity index (χ0) is 16.2. The van der Waals surface area contributed by atoms with Crippen LogP contribution >= 0.6 is 0 Å². The van der Waals surface area contributed by atoms with Crippen LogP contribution in [0.25, 0.3) is 0 Å². The standard InChI is InChI=1S/C16H21N5O2/c1-19-12-13(11-18-19)9-16(22)21-7-5-20(6-8-21)15-10-14(23-2)3-4-17-15/h3-4,10-12H,5-9H2,1-2H3. The molecular formula is C16H21N5O2. The number of carbonyl (C=O) groups excluding carboxylic acids is 1. The monoisotopic (exact) mass is 315 g/mol. The van der Waals surface area contributed by atoms with Gasteiger partial charge in [0.15, 0.2) is 0 Å². The second-order valence-electron chi connectivity index (χ2n) is 5.62. The fourth-order valence-corrected chi connectivity index (χ4v) is 2.73. The summed E-state index contributed by atoms with van der Waals surface area (Å²) in [5.74, 6) is 1.84. The Morgan fingerprint density at radius 1 is 1.30 bits per heavy atom. The van der Waals surface area contributed by atoms with E-state index in [1.807, 2.05) is 30.3 Å². The molecule has 0 bridgehead atoms. The largest absolute Gasteiger partial charge is 0.497 e. The van der Waals surface area contributed by atoms with E-state index in [2.05, 4.69) is 15.0 Å². The average Bonchev–Trinajstić information content (AvgIpc) is 3.00. The first-order valence-electron chi connectivity index (χ1n) is 7.66. The summed E-state index contributed by atoms with van der Waals surface area (Å²) in [4.78, 5) is 20.8. The van der Waals surface area contributed by atoms with Crippen molar-refractivity contribution in [2.75, 3.05) is 38.2 Å². The van der Waals surface area contributed by atoms with Gasteiger partial charge < -0.3 is 14.5 Å². The van der Waals surface area contributed by atoms with Crippen LogP contribution in [-0.2, 0) is 18.3 Å².